The molecule has 1 aliphatic heterocycles. The molecule has 0 bridgehead atoms. The number of aryl methyl sites for hydroxylation is 1. The number of nitrogens with zero attached hydrogens (tertiary/aromatic N) is 2. The molecule has 1 atom stereocenters. The molecule has 102 valence electrons. The molecule has 2 heterocycles. The average Bonchev–Trinajstić information content (AvgIpc) is 2.80. The highest BCUT2D eigenvalue weighted by Crippen LogP contribution is 2.36. The Balaban J connectivity index is 2.01. The number of aromatic carboxylic acids is 1. The van der Waals surface area contributed by atoms with Gasteiger partial charge in [0.15, 0.2) is 0 Å². The minimum atomic E-state index is -0.958. The second-order valence-corrected chi connectivity index (χ2v) is 4.80. The molecule has 20 heavy (non-hydrogen) atoms. The van der Waals surface area contributed by atoms with E-state index >= 15 is 0 Å². The molecular weight excluding hydrogens is 258 g/mol. The van der Waals surface area contributed by atoms with Crippen molar-refractivity contribution in [2.45, 2.75) is 12.3 Å². The van der Waals surface area contributed by atoms with Crippen LogP contribution in [-0.4, -0.2) is 26.8 Å². The Bertz CT molecular complexity index is 688. The number of carbonyl (C=O) groups is 2. The van der Waals surface area contributed by atoms with Crippen molar-refractivity contribution in [2.24, 2.45) is 7.05 Å². The van der Waals surface area contributed by atoms with Gasteiger partial charge in [-0.25, -0.2) is 4.79 Å². The fraction of sp³-hybridized carbons (Fsp3) is 0.214. The third-order valence-electron chi connectivity index (χ3n) is 3.55. The Morgan fingerprint density at radius 3 is 2.75 bits per heavy atom. The molecule has 0 aliphatic carbocycles. The lowest BCUT2D eigenvalue weighted by molar-refractivity contribution is -0.116. The first-order valence-electron chi connectivity index (χ1n) is 6.21. The number of rotatable bonds is 2. The fourth-order valence-corrected chi connectivity index (χ4v) is 2.50. The number of carboxylic acid groups (broad SMARTS) is 1. The molecule has 6 nitrogen and oxygen atoms in total. The number of benzene rings is 1. The summed E-state index contributed by atoms with van der Waals surface area (Å²) in [7, 11) is 1.77. The Labute approximate surface area is 115 Å². The van der Waals surface area contributed by atoms with Crippen LogP contribution in [0, 0.1) is 0 Å². The molecule has 1 aliphatic rings. The maximum Gasteiger partial charge on any atom is 0.335 e. The van der Waals surface area contributed by atoms with Crippen LogP contribution in [0.5, 0.6) is 0 Å². The molecule has 6 heteroatoms. The van der Waals surface area contributed by atoms with Gasteiger partial charge < -0.3 is 10.4 Å². The smallest absolute Gasteiger partial charge is 0.335 e. The van der Waals surface area contributed by atoms with Crippen LogP contribution in [0.4, 0.5) is 5.82 Å². The van der Waals surface area contributed by atoms with Gasteiger partial charge in [0.05, 0.1) is 11.8 Å². The number of carboxylic acids is 1. The van der Waals surface area contributed by atoms with Gasteiger partial charge >= 0.3 is 5.97 Å². The molecule has 0 radical (unpaired) electrons. The molecular formula is C14H13N3O3. The molecule has 1 amide bonds. The summed E-state index contributed by atoms with van der Waals surface area (Å²) in [5, 5.41) is 15.9. The summed E-state index contributed by atoms with van der Waals surface area (Å²) in [6.07, 6.45) is 2.08. The number of anilines is 1. The van der Waals surface area contributed by atoms with Crippen molar-refractivity contribution in [1.82, 2.24) is 9.78 Å². The highest BCUT2D eigenvalue weighted by atomic mass is 16.4. The van der Waals surface area contributed by atoms with E-state index in [0.29, 0.717) is 12.2 Å². The van der Waals surface area contributed by atoms with E-state index < -0.39 is 5.97 Å². The number of hydrogen-bond donors (Lipinski definition) is 2. The molecule has 0 unspecified atom stereocenters. The van der Waals surface area contributed by atoms with Gasteiger partial charge in [-0.3, -0.25) is 9.48 Å². The van der Waals surface area contributed by atoms with E-state index in [-0.39, 0.29) is 17.4 Å². The molecule has 0 spiro atoms. The summed E-state index contributed by atoms with van der Waals surface area (Å²) in [4.78, 5) is 22.7. The number of aromatic nitrogens is 2. The third kappa shape index (κ3) is 1.95. The standard InChI is InChI=1S/C14H13N3O3/c1-17-13-11(7-15-17)10(6-12(18)16-13)8-2-4-9(5-3-8)14(19)20/h2-5,7,10H,6H2,1H3,(H,16,18)(H,19,20)/t10-/m0/s1. The molecule has 2 N–H and O–H groups in total. The van der Waals surface area contributed by atoms with E-state index in [1.165, 1.54) is 0 Å². The van der Waals surface area contributed by atoms with Crippen LogP contribution in [0.1, 0.15) is 33.8 Å². The average molecular weight is 271 g/mol. The Hall–Kier alpha value is -2.63. The summed E-state index contributed by atoms with van der Waals surface area (Å²) in [5.41, 5.74) is 2.11. The van der Waals surface area contributed by atoms with E-state index in [4.69, 9.17) is 5.11 Å². The lowest BCUT2D eigenvalue weighted by atomic mass is 9.87. The second kappa shape index (κ2) is 4.48. The van der Waals surface area contributed by atoms with Crippen molar-refractivity contribution in [2.75, 3.05) is 5.32 Å². The normalized spacial score (nSPS) is 17.4. The third-order valence-corrected chi connectivity index (χ3v) is 3.55. The molecule has 1 aromatic carbocycles. The van der Waals surface area contributed by atoms with Crippen LogP contribution in [-0.2, 0) is 11.8 Å². The summed E-state index contributed by atoms with van der Waals surface area (Å²) in [6, 6.07) is 6.62. The van der Waals surface area contributed by atoms with Crippen LogP contribution >= 0.6 is 0 Å². The maximum absolute atomic E-state index is 11.8. The van der Waals surface area contributed by atoms with Crippen molar-refractivity contribution in [3.05, 3.63) is 47.2 Å². The summed E-state index contributed by atoms with van der Waals surface area (Å²) in [5.74, 6) is -0.405. The van der Waals surface area contributed by atoms with Crippen LogP contribution < -0.4 is 5.32 Å². The number of fused-ring (bicyclic) bond motifs is 1. The van der Waals surface area contributed by atoms with Gasteiger partial charge in [0.1, 0.15) is 5.82 Å². The molecule has 0 saturated carbocycles. The predicted octanol–water partition coefficient (Wildman–Crippen LogP) is 1.59. The largest absolute Gasteiger partial charge is 0.478 e. The zero-order valence-electron chi connectivity index (χ0n) is 10.8. The van der Waals surface area contributed by atoms with Gasteiger partial charge in [0.25, 0.3) is 0 Å². The summed E-state index contributed by atoms with van der Waals surface area (Å²) >= 11 is 0. The van der Waals surface area contributed by atoms with Crippen molar-refractivity contribution >= 4 is 17.7 Å². The van der Waals surface area contributed by atoms with E-state index in [9.17, 15) is 9.59 Å². The lowest BCUT2D eigenvalue weighted by Gasteiger charge is -2.23. The summed E-state index contributed by atoms with van der Waals surface area (Å²) in [6.45, 7) is 0. The minimum absolute atomic E-state index is 0.0617. The zero-order chi connectivity index (χ0) is 14.3. The molecule has 2 aromatic rings. The quantitative estimate of drug-likeness (QED) is 0.868. The Morgan fingerprint density at radius 2 is 2.10 bits per heavy atom. The van der Waals surface area contributed by atoms with Crippen molar-refractivity contribution in [3.8, 4) is 0 Å². The van der Waals surface area contributed by atoms with Gasteiger partial charge in [-0.05, 0) is 17.7 Å². The first-order chi connectivity index (χ1) is 9.56. The first-order valence-corrected chi connectivity index (χ1v) is 6.21. The maximum atomic E-state index is 11.8. The van der Waals surface area contributed by atoms with Crippen LogP contribution in [0.2, 0.25) is 0 Å². The summed E-state index contributed by atoms with van der Waals surface area (Å²) < 4.78 is 1.63. The van der Waals surface area contributed by atoms with E-state index in [2.05, 4.69) is 10.4 Å². The minimum Gasteiger partial charge on any atom is -0.478 e. The number of carbonyl (C=O) groups excluding carboxylic acids is 1. The lowest BCUT2D eigenvalue weighted by Crippen LogP contribution is -2.24. The van der Waals surface area contributed by atoms with Crippen LogP contribution in [0.15, 0.2) is 30.5 Å². The van der Waals surface area contributed by atoms with Crippen molar-refractivity contribution < 1.29 is 14.7 Å². The highest BCUT2D eigenvalue weighted by molar-refractivity contribution is 5.94. The Kier molecular flexibility index (Phi) is 2.78. The van der Waals surface area contributed by atoms with Gasteiger partial charge in [-0.1, -0.05) is 12.1 Å². The SMILES string of the molecule is Cn1ncc2c1NC(=O)C[C@H]2c1ccc(C(=O)O)cc1. The monoisotopic (exact) mass is 271 g/mol. The van der Waals surface area contributed by atoms with Gasteiger partial charge in [-0.2, -0.15) is 5.10 Å². The fourth-order valence-electron chi connectivity index (χ4n) is 2.50. The van der Waals surface area contributed by atoms with E-state index in [0.717, 1.165) is 11.1 Å². The van der Waals surface area contributed by atoms with Gasteiger partial charge in [0, 0.05) is 24.9 Å². The van der Waals surface area contributed by atoms with Crippen molar-refractivity contribution in [3.63, 3.8) is 0 Å². The topological polar surface area (TPSA) is 84.2 Å². The van der Waals surface area contributed by atoms with Crippen molar-refractivity contribution in [1.29, 1.82) is 0 Å². The molecule has 3 rings (SSSR count). The zero-order valence-corrected chi connectivity index (χ0v) is 10.8. The Morgan fingerprint density at radius 1 is 1.40 bits per heavy atom. The molecule has 1 aromatic heterocycles. The van der Waals surface area contributed by atoms with Crippen LogP contribution in [0.25, 0.3) is 0 Å². The van der Waals surface area contributed by atoms with E-state index in [1.807, 2.05) is 0 Å². The van der Waals surface area contributed by atoms with Gasteiger partial charge in [0.2, 0.25) is 5.91 Å². The molecule has 0 saturated heterocycles. The predicted molar refractivity (Wildman–Crippen MR) is 71.7 cm³/mol. The second-order valence-electron chi connectivity index (χ2n) is 4.80. The van der Waals surface area contributed by atoms with Gasteiger partial charge in [-0.15, -0.1) is 0 Å². The number of hydrogen-bond acceptors (Lipinski definition) is 3. The number of amides is 1. The van der Waals surface area contributed by atoms with E-state index in [1.54, 1.807) is 42.2 Å². The highest BCUT2D eigenvalue weighted by Gasteiger charge is 2.29. The van der Waals surface area contributed by atoms with Crippen LogP contribution in [0.3, 0.4) is 0 Å². The molecule has 0 fully saturated rings. The number of nitrogens with one attached hydrogen (secondary N) is 1. The first kappa shape index (κ1) is 12.4.